The lowest BCUT2D eigenvalue weighted by Gasteiger charge is -2.08. The van der Waals surface area contributed by atoms with Crippen molar-refractivity contribution in [1.82, 2.24) is 0 Å². The first kappa shape index (κ1) is 13.6. The third-order valence-corrected chi connectivity index (χ3v) is 2.34. The summed E-state index contributed by atoms with van der Waals surface area (Å²) in [5.41, 5.74) is 2.52. The van der Waals surface area contributed by atoms with Gasteiger partial charge in [-0.3, -0.25) is 0 Å². The highest BCUT2D eigenvalue weighted by Crippen LogP contribution is 2.28. The van der Waals surface area contributed by atoms with Gasteiger partial charge < -0.3 is 0 Å². The molecule has 92 valence electrons. The Labute approximate surface area is 99.5 Å². The van der Waals surface area contributed by atoms with Crippen molar-refractivity contribution in [3.63, 3.8) is 0 Å². The van der Waals surface area contributed by atoms with Gasteiger partial charge in [0.25, 0.3) is 0 Å². The first-order valence-corrected chi connectivity index (χ1v) is 5.62. The van der Waals surface area contributed by atoms with E-state index in [1.165, 1.54) is 6.08 Å². The minimum absolute atomic E-state index is 0.0311. The topological polar surface area (TPSA) is 0 Å². The number of benzene rings is 1. The third-order valence-electron chi connectivity index (χ3n) is 2.34. The van der Waals surface area contributed by atoms with Gasteiger partial charge in [0.05, 0.1) is 5.57 Å². The van der Waals surface area contributed by atoms with Crippen molar-refractivity contribution in [3.8, 4) is 0 Å². The zero-order chi connectivity index (χ0) is 12.7. The van der Waals surface area contributed by atoms with Crippen molar-refractivity contribution in [2.45, 2.75) is 32.4 Å². The summed E-state index contributed by atoms with van der Waals surface area (Å²) in [7, 11) is 0. The number of unbranched alkanes of at least 4 members (excludes halogenated alkanes) is 1. The molecule has 0 atom stereocenters. The average Bonchev–Trinajstić information content (AvgIpc) is 2.29. The second-order valence-corrected chi connectivity index (χ2v) is 3.78. The van der Waals surface area contributed by atoms with E-state index in [2.05, 4.69) is 5.73 Å². The van der Waals surface area contributed by atoms with Gasteiger partial charge in [-0.05, 0) is 24.5 Å². The molecule has 0 saturated heterocycles. The van der Waals surface area contributed by atoms with Gasteiger partial charge in [-0.25, -0.2) is 0 Å². The number of rotatable bonds is 4. The van der Waals surface area contributed by atoms with Crippen molar-refractivity contribution in [1.29, 1.82) is 0 Å². The van der Waals surface area contributed by atoms with E-state index in [1.807, 2.05) is 13.0 Å². The quantitative estimate of drug-likeness (QED) is 0.651. The fourth-order valence-electron chi connectivity index (χ4n) is 1.37. The second kappa shape index (κ2) is 6.31. The number of hydrogen-bond acceptors (Lipinski definition) is 0. The van der Waals surface area contributed by atoms with Crippen LogP contribution in [0, 0.1) is 0 Å². The minimum Gasteiger partial charge on any atom is -0.166 e. The van der Waals surface area contributed by atoms with E-state index < -0.39 is 11.7 Å². The highest BCUT2D eigenvalue weighted by molar-refractivity contribution is 5.49. The molecule has 0 aliphatic heterocycles. The summed E-state index contributed by atoms with van der Waals surface area (Å²) in [5.74, 6) is 0. The van der Waals surface area contributed by atoms with Gasteiger partial charge in [-0.2, -0.15) is 13.2 Å². The SMILES string of the molecule is CCCCC(=C=Cc1ccccc1)C(F)(F)F. The van der Waals surface area contributed by atoms with Crippen molar-refractivity contribution in [3.05, 3.63) is 47.2 Å². The summed E-state index contributed by atoms with van der Waals surface area (Å²) in [5, 5.41) is 0. The summed E-state index contributed by atoms with van der Waals surface area (Å²) >= 11 is 0. The predicted octanol–water partition coefficient (Wildman–Crippen LogP) is 4.98. The number of halogens is 3. The zero-order valence-electron chi connectivity index (χ0n) is 9.72. The van der Waals surface area contributed by atoms with Crippen molar-refractivity contribution in [2.24, 2.45) is 0 Å². The maximum absolute atomic E-state index is 12.6. The van der Waals surface area contributed by atoms with Gasteiger partial charge in [-0.15, -0.1) is 5.73 Å². The lowest BCUT2D eigenvalue weighted by Crippen LogP contribution is -2.10. The molecular weight excluding hydrogens is 225 g/mol. The van der Waals surface area contributed by atoms with Crippen LogP contribution in [-0.2, 0) is 0 Å². The Morgan fingerprint density at radius 2 is 1.88 bits per heavy atom. The number of allylic oxidation sites excluding steroid dienone is 1. The highest BCUT2D eigenvalue weighted by Gasteiger charge is 2.32. The van der Waals surface area contributed by atoms with E-state index in [4.69, 9.17) is 0 Å². The Kier molecular flexibility index (Phi) is 5.05. The molecule has 17 heavy (non-hydrogen) atoms. The Morgan fingerprint density at radius 3 is 2.41 bits per heavy atom. The van der Waals surface area contributed by atoms with Crippen molar-refractivity contribution >= 4 is 6.08 Å². The Hall–Kier alpha value is -1.47. The van der Waals surface area contributed by atoms with E-state index in [-0.39, 0.29) is 6.42 Å². The molecule has 0 saturated carbocycles. The fraction of sp³-hybridized carbons (Fsp3) is 0.357. The van der Waals surface area contributed by atoms with Crippen LogP contribution in [0.25, 0.3) is 6.08 Å². The van der Waals surface area contributed by atoms with Crippen LogP contribution < -0.4 is 0 Å². The predicted molar refractivity (Wildman–Crippen MR) is 63.5 cm³/mol. The summed E-state index contributed by atoms with van der Waals surface area (Å²) in [6.07, 6.45) is -1.58. The van der Waals surface area contributed by atoms with Crippen LogP contribution in [0.1, 0.15) is 31.7 Å². The molecule has 0 radical (unpaired) electrons. The van der Waals surface area contributed by atoms with Crippen LogP contribution >= 0.6 is 0 Å². The second-order valence-electron chi connectivity index (χ2n) is 3.78. The van der Waals surface area contributed by atoms with Crippen LogP contribution in [0.5, 0.6) is 0 Å². The van der Waals surface area contributed by atoms with E-state index in [0.717, 1.165) is 12.0 Å². The van der Waals surface area contributed by atoms with Crippen LogP contribution in [0.3, 0.4) is 0 Å². The molecule has 3 heteroatoms. The highest BCUT2D eigenvalue weighted by atomic mass is 19.4. The minimum atomic E-state index is -4.28. The number of alkyl halides is 3. The summed E-state index contributed by atoms with van der Waals surface area (Å²) < 4.78 is 37.9. The maximum Gasteiger partial charge on any atom is 0.419 e. The van der Waals surface area contributed by atoms with Crippen LogP contribution in [0.2, 0.25) is 0 Å². The van der Waals surface area contributed by atoms with Crippen molar-refractivity contribution in [2.75, 3.05) is 0 Å². The Balaban J connectivity index is 2.93. The van der Waals surface area contributed by atoms with Gasteiger partial charge in [0.2, 0.25) is 0 Å². The normalized spacial score (nSPS) is 10.8. The lowest BCUT2D eigenvalue weighted by atomic mass is 10.1. The van der Waals surface area contributed by atoms with Gasteiger partial charge in [0, 0.05) is 0 Å². The molecule has 0 aliphatic rings. The van der Waals surface area contributed by atoms with E-state index in [0.29, 0.717) is 6.42 Å². The zero-order valence-corrected chi connectivity index (χ0v) is 9.72. The molecule has 1 rings (SSSR count). The molecule has 0 aromatic heterocycles. The van der Waals surface area contributed by atoms with Gasteiger partial charge in [0.1, 0.15) is 0 Å². The molecule has 0 aliphatic carbocycles. The first-order valence-electron chi connectivity index (χ1n) is 5.62. The molecular formula is C14H15F3. The Morgan fingerprint density at radius 1 is 1.24 bits per heavy atom. The van der Waals surface area contributed by atoms with Gasteiger partial charge in [0.15, 0.2) is 0 Å². The molecule has 0 bridgehead atoms. The average molecular weight is 240 g/mol. The Bertz CT molecular complexity index is 395. The van der Waals surface area contributed by atoms with Crippen LogP contribution in [-0.4, -0.2) is 6.18 Å². The monoisotopic (exact) mass is 240 g/mol. The summed E-state index contributed by atoms with van der Waals surface area (Å²) in [6, 6.07) is 8.89. The van der Waals surface area contributed by atoms with E-state index in [1.54, 1.807) is 24.3 Å². The number of hydrogen-bond donors (Lipinski definition) is 0. The molecule has 0 nitrogen and oxygen atoms in total. The van der Waals surface area contributed by atoms with E-state index >= 15 is 0 Å². The lowest BCUT2D eigenvalue weighted by molar-refractivity contribution is -0.0938. The largest absolute Gasteiger partial charge is 0.419 e. The van der Waals surface area contributed by atoms with Gasteiger partial charge in [-0.1, -0.05) is 43.7 Å². The van der Waals surface area contributed by atoms with Crippen molar-refractivity contribution < 1.29 is 13.2 Å². The fourth-order valence-corrected chi connectivity index (χ4v) is 1.37. The molecule has 0 heterocycles. The molecule has 1 aromatic carbocycles. The van der Waals surface area contributed by atoms with E-state index in [9.17, 15) is 13.2 Å². The molecule has 0 amide bonds. The van der Waals surface area contributed by atoms with Crippen LogP contribution in [0.4, 0.5) is 13.2 Å². The molecule has 0 fully saturated rings. The molecule has 0 N–H and O–H groups in total. The molecule has 0 unspecified atom stereocenters. The van der Waals surface area contributed by atoms with Crippen LogP contribution in [0.15, 0.2) is 41.6 Å². The molecule has 1 aromatic rings. The smallest absolute Gasteiger partial charge is 0.166 e. The first-order chi connectivity index (χ1) is 8.04. The van der Waals surface area contributed by atoms with Gasteiger partial charge >= 0.3 is 6.18 Å². The summed E-state index contributed by atoms with van der Waals surface area (Å²) in [6.45, 7) is 1.87. The maximum atomic E-state index is 12.6. The summed E-state index contributed by atoms with van der Waals surface area (Å²) in [4.78, 5) is 0. The standard InChI is InChI=1S/C14H15F3/c1-2-3-9-13(14(15,16)17)11-10-12-7-5-4-6-8-12/h4-8,10H,2-3,9H2,1H3. The molecule has 0 spiro atoms. The third kappa shape index (κ3) is 4.92.